The van der Waals surface area contributed by atoms with E-state index >= 15 is 0 Å². The van der Waals surface area contributed by atoms with Crippen LogP contribution in [0.5, 0.6) is 5.75 Å². The van der Waals surface area contributed by atoms with Gasteiger partial charge in [0.2, 0.25) is 11.8 Å². The van der Waals surface area contributed by atoms with E-state index in [0.29, 0.717) is 16.3 Å². The van der Waals surface area contributed by atoms with E-state index in [2.05, 4.69) is 5.32 Å². The van der Waals surface area contributed by atoms with E-state index in [0.717, 1.165) is 17.0 Å². The van der Waals surface area contributed by atoms with E-state index in [1.54, 1.807) is 18.2 Å². The molecule has 0 heterocycles. The van der Waals surface area contributed by atoms with E-state index in [4.69, 9.17) is 16.3 Å². The third-order valence-corrected chi connectivity index (χ3v) is 4.13. The number of alkyl halides is 3. The first-order valence-corrected chi connectivity index (χ1v) is 8.52. The van der Waals surface area contributed by atoms with Crippen molar-refractivity contribution in [3.05, 3.63) is 58.6 Å². The Morgan fingerprint density at radius 3 is 2.50 bits per heavy atom. The Morgan fingerprint density at radius 2 is 1.86 bits per heavy atom. The molecule has 0 bridgehead atoms. The lowest BCUT2D eigenvalue weighted by atomic mass is 10.1. The summed E-state index contributed by atoms with van der Waals surface area (Å²) >= 11 is 5.93. The van der Waals surface area contributed by atoms with E-state index in [1.807, 2.05) is 0 Å². The van der Waals surface area contributed by atoms with Gasteiger partial charge in [-0.3, -0.25) is 9.59 Å². The predicted molar refractivity (Wildman–Crippen MR) is 99.4 cm³/mol. The maximum Gasteiger partial charge on any atom is 0.418 e. The zero-order valence-corrected chi connectivity index (χ0v) is 15.9. The molecule has 0 aliphatic heterocycles. The first-order valence-electron chi connectivity index (χ1n) is 8.14. The summed E-state index contributed by atoms with van der Waals surface area (Å²) in [7, 11) is 2.83. The van der Waals surface area contributed by atoms with Gasteiger partial charge in [0.05, 0.1) is 31.3 Å². The summed E-state index contributed by atoms with van der Waals surface area (Å²) in [6, 6.07) is 9.44. The lowest BCUT2D eigenvalue weighted by molar-refractivity contribution is -0.137. The van der Waals surface area contributed by atoms with Crippen LogP contribution in [0.3, 0.4) is 0 Å². The SMILES string of the molecule is COc1ccc(Cl)cc1CC(=O)N(C)CC(=O)Nc1ccccc1C(F)(F)F. The van der Waals surface area contributed by atoms with Gasteiger partial charge in [0, 0.05) is 17.6 Å². The van der Waals surface area contributed by atoms with Crippen LogP contribution in [0.15, 0.2) is 42.5 Å². The van der Waals surface area contributed by atoms with Crippen molar-refractivity contribution >= 4 is 29.1 Å². The lowest BCUT2D eigenvalue weighted by Crippen LogP contribution is -2.36. The van der Waals surface area contributed by atoms with Crippen molar-refractivity contribution in [2.75, 3.05) is 26.0 Å². The number of rotatable bonds is 6. The number of ether oxygens (including phenoxy) is 1. The molecule has 28 heavy (non-hydrogen) atoms. The standard InChI is InChI=1S/C19H18ClF3N2O3/c1-25(18(27)10-12-9-13(20)7-8-16(12)28-2)11-17(26)24-15-6-4-3-5-14(15)19(21,22)23/h3-9H,10-11H2,1-2H3,(H,24,26). The number of carbonyl (C=O) groups excluding carboxylic acids is 2. The topological polar surface area (TPSA) is 58.6 Å². The zero-order valence-electron chi connectivity index (χ0n) is 15.1. The molecule has 9 heteroatoms. The maximum atomic E-state index is 13.0. The number of hydrogen-bond acceptors (Lipinski definition) is 3. The minimum atomic E-state index is -4.60. The van der Waals surface area contributed by atoms with Gasteiger partial charge in [0.25, 0.3) is 0 Å². The van der Waals surface area contributed by atoms with Crippen molar-refractivity contribution < 1.29 is 27.5 Å². The molecule has 2 rings (SSSR count). The number of likely N-dealkylation sites (N-methyl/N-ethyl adjacent to an activating group) is 1. The fourth-order valence-electron chi connectivity index (χ4n) is 2.52. The third kappa shape index (κ3) is 5.63. The highest BCUT2D eigenvalue weighted by atomic mass is 35.5. The molecule has 0 atom stereocenters. The monoisotopic (exact) mass is 414 g/mol. The van der Waals surface area contributed by atoms with Crippen molar-refractivity contribution in [1.82, 2.24) is 4.90 Å². The summed E-state index contributed by atoms with van der Waals surface area (Å²) in [4.78, 5) is 25.6. The van der Waals surface area contributed by atoms with Crippen molar-refractivity contribution in [3.63, 3.8) is 0 Å². The Kier molecular flexibility index (Phi) is 6.90. The van der Waals surface area contributed by atoms with Gasteiger partial charge in [-0.15, -0.1) is 0 Å². The molecule has 0 aliphatic rings. The molecule has 1 N–H and O–H groups in total. The Morgan fingerprint density at radius 1 is 1.18 bits per heavy atom. The molecule has 0 aromatic heterocycles. The van der Waals surface area contributed by atoms with Crippen LogP contribution in [0.1, 0.15) is 11.1 Å². The van der Waals surface area contributed by atoms with Gasteiger partial charge < -0.3 is 15.0 Å². The van der Waals surface area contributed by atoms with Crippen molar-refractivity contribution in [2.24, 2.45) is 0 Å². The molecule has 5 nitrogen and oxygen atoms in total. The number of para-hydroxylation sites is 1. The highest BCUT2D eigenvalue weighted by molar-refractivity contribution is 6.30. The van der Waals surface area contributed by atoms with Crippen LogP contribution in [0.2, 0.25) is 5.02 Å². The van der Waals surface area contributed by atoms with E-state index in [-0.39, 0.29) is 12.1 Å². The summed E-state index contributed by atoms with van der Waals surface area (Å²) in [6.07, 6.45) is -4.68. The van der Waals surface area contributed by atoms with Gasteiger partial charge in [-0.05, 0) is 30.3 Å². The van der Waals surface area contributed by atoms with Crippen LogP contribution in [0, 0.1) is 0 Å². The Hall–Kier alpha value is -2.74. The van der Waals surface area contributed by atoms with Crippen LogP contribution in [-0.2, 0) is 22.2 Å². The number of halogens is 4. The highest BCUT2D eigenvalue weighted by Gasteiger charge is 2.33. The summed E-state index contributed by atoms with van der Waals surface area (Å²) in [5.41, 5.74) is -0.784. The second-order valence-electron chi connectivity index (χ2n) is 5.97. The smallest absolute Gasteiger partial charge is 0.418 e. The Bertz CT molecular complexity index is 872. The number of benzene rings is 2. The van der Waals surface area contributed by atoms with E-state index < -0.39 is 30.1 Å². The summed E-state index contributed by atoms with van der Waals surface area (Å²) < 4.78 is 44.2. The van der Waals surface area contributed by atoms with E-state index in [1.165, 1.54) is 26.3 Å². The minimum absolute atomic E-state index is 0.0767. The van der Waals surface area contributed by atoms with Gasteiger partial charge in [0.1, 0.15) is 5.75 Å². The molecule has 0 saturated heterocycles. The highest BCUT2D eigenvalue weighted by Crippen LogP contribution is 2.34. The second-order valence-corrected chi connectivity index (χ2v) is 6.41. The van der Waals surface area contributed by atoms with Gasteiger partial charge in [0.15, 0.2) is 0 Å². The van der Waals surface area contributed by atoms with Crippen LogP contribution in [0.25, 0.3) is 0 Å². The average Bonchev–Trinajstić information content (AvgIpc) is 2.61. The summed E-state index contributed by atoms with van der Waals surface area (Å²) in [6.45, 7) is -0.409. The summed E-state index contributed by atoms with van der Waals surface area (Å²) in [5, 5.41) is 2.62. The molecule has 0 radical (unpaired) electrons. The number of hydrogen-bond donors (Lipinski definition) is 1. The van der Waals surface area contributed by atoms with Crippen molar-refractivity contribution in [3.8, 4) is 5.75 Å². The maximum absolute atomic E-state index is 13.0. The fraction of sp³-hybridized carbons (Fsp3) is 0.263. The number of carbonyl (C=O) groups is 2. The largest absolute Gasteiger partial charge is 0.496 e. The Labute approximate surface area is 165 Å². The Balaban J connectivity index is 2.03. The molecule has 0 saturated carbocycles. The minimum Gasteiger partial charge on any atom is -0.496 e. The van der Waals surface area contributed by atoms with Crippen LogP contribution in [0.4, 0.5) is 18.9 Å². The molecular formula is C19H18ClF3N2O3. The second kappa shape index (κ2) is 8.97. The number of anilines is 1. The van der Waals surface area contributed by atoms with Gasteiger partial charge in [-0.25, -0.2) is 0 Å². The predicted octanol–water partition coefficient (Wildman–Crippen LogP) is 4.01. The molecule has 2 aromatic rings. The number of amides is 2. The molecule has 2 amide bonds. The van der Waals surface area contributed by atoms with Crippen molar-refractivity contribution in [2.45, 2.75) is 12.6 Å². The number of nitrogens with zero attached hydrogens (tertiary/aromatic N) is 1. The van der Waals surface area contributed by atoms with Crippen LogP contribution >= 0.6 is 11.6 Å². The normalized spacial score (nSPS) is 11.1. The zero-order chi connectivity index (χ0) is 20.9. The molecule has 0 fully saturated rings. The molecule has 2 aromatic carbocycles. The van der Waals surface area contributed by atoms with E-state index in [9.17, 15) is 22.8 Å². The summed E-state index contributed by atoms with van der Waals surface area (Å²) in [5.74, 6) is -0.694. The first-order chi connectivity index (χ1) is 13.1. The molecular weight excluding hydrogens is 397 g/mol. The van der Waals surface area contributed by atoms with Crippen LogP contribution < -0.4 is 10.1 Å². The molecule has 0 aliphatic carbocycles. The average molecular weight is 415 g/mol. The molecule has 150 valence electrons. The quantitative estimate of drug-likeness (QED) is 0.777. The number of nitrogens with one attached hydrogen (secondary N) is 1. The third-order valence-electron chi connectivity index (χ3n) is 3.90. The van der Waals surface area contributed by atoms with Crippen LogP contribution in [-0.4, -0.2) is 37.4 Å². The fourth-order valence-corrected chi connectivity index (χ4v) is 2.71. The van der Waals surface area contributed by atoms with Crippen molar-refractivity contribution in [1.29, 1.82) is 0 Å². The van der Waals surface area contributed by atoms with Gasteiger partial charge in [-0.1, -0.05) is 23.7 Å². The number of methoxy groups -OCH3 is 1. The lowest BCUT2D eigenvalue weighted by Gasteiger charge is -2.19. The molecule has 0 unspecified atom stereocenters. The first kappa shape index (κ1) is 21.6. The van der Waals surface area contributed by atoms with Gasteiger partial charge in [-0.2, -0.15) is 13.2 Å². The molecule has 0 spiro atoms. The van der Waals surface area contributed by atoms with Gasteiger partial charge >= 0.3 is 6.18 Å².